The van der Waals surface area contributed by atoms with Crippen molar-refractivity contribution in [2.75, 3.05) is 5.32 Å². The van der Waals surface area contributed by atoms with Crippen LogP contribution in [0.15, 0.2) is 48.5 Å². The number of hydrogen-bond acceptors (Lipinski definition) is 2. The van der Waals surface area contributed by atoms with Crippen molar-refractivity contribution < 1.29 is 9.59 Å². The Hall–Kier alpha value is -2.62. The van der Waals surface area contributed by atoms with Gasteiger partial charge in [-0.25, -0.2) is 0 Å². The van der Waals surface area contributed by atoms with Gasteiger partial charge in [-0.1, -0.05) is 50.2 Å². The van der Waals surface area contributed by atoms with Gasteiger partial charge in [-0.05, 0) is 56.4 Å². The molecule has 2 aromatic rings. The molecule has 0 radical (unpaired) electrons. The average molecular weight is 367 g/mol. The number of rotatable bonds is 7. The molecule has 27 heavy (non-hydrogen) atoms. The lowest BCUT2D eigenvalue weighted by Gasteiger charge is -2.16. The highest BCUT2D eigenvalue weighted by Crippen LogP contribution is 2.21. The van der Waals surface area contributed by atoms with Crippen molar-refractivity contribution in [2.24, 2.45) is 5.92 Å². The van der Waals surface area contributed by atoms with Crippen LogP contribution in [-0.2, 0) is 11.2 Å². The molecule has 0 aromatic heterocycles. The summed E-state index contributed by atoms with van der Waals surface area (Å²) in [6, 6.07) is 15.3. The van der Waals surface area contributed by atoms with Gasteiger partial charge in [-0.15, -0.1) is 0 Å². The number of carbonyl (C=O) groups is 2. The Morgan fingerprint density at radius 2 is 1.52 bits per heavy atom. The third kappa shape index (κ3) is 5.95. The Labute approximate surface area is 162 Å². The molecule has 0 aliphatic carbocycles. The molecule has 0 saturated carbocycles. The number of benzene rings is 2. The van der Waals surface area contributed by atoms with Crippen LogP contribution in [0.1, 0.15) is 62.0 Å². The standard InChI is InChI=1S/C23H30N2O2/c1-15(2)14-18-10-12-19(13-11-18)17(5)22(26)25-21-9-7-6-8-20(21)23(27)24-16(3)4/h6-13,15-17H,14H2,1-5H3,(H,24,27)(H,25,26). The number of carbonyl (C=O) groups excluding carboxylic acids is 2. The van der Waals surface area contributed by atoms with Gasteiger partial charge in [0, 0.05) is 6.04 Å². The molecule has 0 saturated heterocycles. The van der Waals surface area contributed by atoms with Crippen molar-refractivity contribution in [2.45, 2.75) is 53.0 Å². The normalized spacial score (nSPS) is 12.1. The summed E-state index contributed by atoms with van der Waals surface area (Å²) in [4.78, 5) is 25.1. The molecule has 0 aliphatic rings. The van der Waals surface area contributed by atoms with E-state index in [9.17, 15) is 9.59 Å². The lowest BCUT2D eigenvalue weighted by atomic mass is 9.96. The molecule has 0 bridgehead atoms. The Bertz CT molecular complexity index is 779. The molecular weight excluding hydrogens is 336 g/mol. The topological polar surface area (TPSA) is 58.2 Å². The highest BCUT2D eigenvalue weighted by Gasteiger charge is 2.19. The van der Waals surface area contributed by atoms with E-state index in [1.165, 1.54) is 5.56 Å². The minimum absolute atomic E-state index is 0.0320. The number of para-hydroxylation sites is 1. The van der Waals surface area contributed by atoms with Crippen molar-refractivity contribution in [3.8, 4) is 0 Å². The summed E-state index contributed by atoms with van der Waals surface area (Å²) in [5.74, 6) is -0.0210. The van der Waals surface area contributed by atoms with E-state index in [0.29, 0.717) is 17.2 Å². The highest BCUT2D eigenvalue weighted by molar-refractivity contribution is 6.05. The van der Waals surface area contributed by atoms with E-state index in [4.69, 9.17) is 0 Å². The molecule has 1 atom stereocenters. The summed E-state index contributed by atoms with van der Waals surface area (Å²) in [5.41, 5.74) is 3.24. The maximum atomic E-state index is 12.7. The first kappa shape index (κ1) is 20.7. The number of nitrogens with one attached hydrogen (secondary N) is 2. The van der Waals surface area contributed by atoms with Gasteiger partial charge in [0.15, 0.2) is 0 Å². The molecule has 0 aliphatic heterocycles. The molecule has 2 rings (SSSR count). The summed E-state index contributed by atoms with van der Waals surface area (Å²) in [7, 11) is 0. The van der Waals surface area contributed by atoms with E-state index in [1.54, 1.807) is 18.2 Å². The van der Waals surface area contributed by atoms with Crippen LogP contribution in [0.25, 0.3) is 0 Å². The van der Waals surface area contributed by atoms with Gasteiger partial charge < -0.3 is 10.6 Å². The van der Waals surface area contributed by atoms with Crippen LogP contribution >= 0.6 is 0 Å². The molecule has 2 amide bonds. The molecule has 0 spiro atoms. The van der Waals surface area contributed by atoms with E-state index in [-0.39, 0.29) is 23.8 Å². The van der Waals surface area contributed by atoms with Crippen LogP contribution in [0.2, 0.25) is 0 Å². The second kappa shape index (κ2) is 9.36. The lowest BCUT2D eigenvalue weighted by Crippen LogP contribution is -2.31. The van der Waals surface area contributed by atoms with Crippen molar-refractivity contribution >= 4 is 17.5 Å². The van der Waals surface area contributed by atoms with Gasteiger partial charge in [-0.3, -0.25) is 9.59 Å². The van der Waals surface area contributed by atoms with Crippen LogP contribution in [-0.4, -0.2) is 17.9 Å². The summed E-state index contributed by atoms with van der Waals surface area (Å²) in [6.07, 6.45) is 1.03. The van der Waals surface area contributed by atoms with Crippen LogP contribution in [0.4, 0.5) is 5.69 Å². The van der Waals surface area contributed by atoms with E-state index < -0.39 is 0 Å². The first-order valence-corrected chi connectivity index (χ1v) is 9.57. The van der Waals surface area contributed by atoms with Crippen molar-refractivity contribution in [3.05, 3.63) is 65.2 Å². The Kier molecular flexibility index (Phi) is 7.17. The fourth-order valence-corrected chi connectivity index (χ4v) is 2.94. The SMILES string of the molecule is CC(C)Cc1ccc(C(C)C(=O)Nc2ccccc2C(=O)NC(C)C)cc1. The zero-order valence-electron chi connectivity index (χ0n) is 16.9. The second-order valence-corrected chi connectivity index (χ2v) is 7.72. The van der Waals surface area contributed by atoms with E-state index in [1.807, 2.05) is 39.0 Å². The lowest BCUT2D eigenvalue weighted by molar-refractivity contribution is -0.117. The van der Waals surface area contributed by atoms with Crippen LogP contribution < -0.4 is 10.6 Å². The van der Waals surface area contributed by atoms with Gasteiger partial charge in [0.05, 0.1) is 17.2 Å². The Balaban J connectivity index is 2.11. The molecule has 0 heterocycles. The molecule has 0 fully saturated rings. The first-order valence-electron chi connectivity index (χ1n) is 9.57. The zero-order valence-corrected chi connectivity index (χ0v) is 16.9. The number of hydrogen-bond donors (Lipinski definition) is 2. The highest BCUT2D eigenvalue weighted by atomic mass is 16.2. The number of amides is 2. The molecule has 2 aromatic carbocycles. The predicted molar refractivity (Wildman–Crippen MR) is 111 cm³/mol. The summed E-state index contributed by atoms with van der Waals surface area (Å²) < 4.78 is 0. The Morgan fingerprint density at radius 1 is 0.889 bits per heavy atom. The van der Waals surface area contributed by atoms with Crippen LogP contribution in [0.5, 0.6) is 0 Å². The average Bonchev–Trinajstić information content (AvgIpc) is 2.61. The molecule has 4 heteroatoms. The maximum Gasteiger partial charge on any atom is 0.253 e. The molecule has 2 N–H and O–H groups in total. The smallest absolute Gasteiger partial charge is 0.253 e. The number of anilines is 1. The third-order valence-corrected chi connectivity index (χ3v) is 4.37. The second-order valence-electron chi connectivity index (χ2n) is 7.72. The fourth-order valence-electron chi connectivity index (χ4n) is 2.94. The van der Waals surface area contributed by atoms with Gasteiger partial charge in [0.2, 0.25) is 5.91 Å². The van der Waals surface area contributed by atoms with Crippen molar-refractivity contribution in [1.29, 1.82) is 0 Å². The minimum atomic E-state index is -0.306. The van der Waals surface area contributed by atoms with Crippen molar-refractivity contribution in [3.63, 3.8) is 0 Å². The quantitative estimate of drug-likeness (QED) is 0.742. The van der Waals surface area contributed by atoms with Crippen LogP contribution in [0.3, 0.4) is 0 Å². The van der Waals surface area contributed by atoms with E-state index >= 15 is 0 Å². The molecule has 4 nitrogen and oxygen atoms in total. The first-order chi connectivity index (χ1) is 12.8. The molecular formula is C23H30N2O2. The monoisotopic (exact) mass is 366 g/mol. The van der Waals surface area contributed by atoms with Crippen molar-refractivity contribution in [1.82, 2.24) is 5.32 Å². The minimum Gasteiger partial charge on any atom is -0.350 e. The summed E-state index contributed by atoms with van der Waals surface area (Å²) >= 11 is 0. The largest absolute Gasteiger partial charge is 0.350 e. The molecule has 1 unspecified atom stereocenters. The van der Waals surface area contributed by atoms with E-state index in [2.05, 4.69) is 36.6 Å². The summed E-state index contributed by atoms with van der Waals surface area (Å²) in [5, 5.41) is 5.78. The van der Waals surface area contributed by atoms with E-state index in [0.717, 1.165) is 12.0 Å². The Morgan fingerprint density at radius 3 is 2.11 bits per heavy atom. The molecule has 144 valence electrons. The predicted octanol–water partition coefficient (Wildman–Crippen LogP) is 4.77. The summed E-state index contributed by atoms with van der Waals surface area (Å²) in [6.45, 7) is 10.1. The van der Waals surface area contributed by atoms with Gasteiger partial charge in [0.25, 0.3) is 5.91 Å². The van der Waals surface area contributed by atoms with Gasteiger partial charge in [-0.2, -0.15) is 0 Å². The van der Waals surface area contributed by atoms with Gasteiger partial charge >= 0.3 is 0 Å². The van der Waals surface area contributed by atoms with Crippen LogP contribution in [0, 0.1) is 5.92 Å². The zero-order chi connectivity index (χ0) is 20.0. The fraction of sp³-hybridized carbons (Fsp3) is 0.391. The third-order valence-electron chi connectivity index (χ3n) is 4.37. The van der Waals surface area contributed by atoms with Gasteiger partial charge in [0.1, 0.15) is 0 Å². The maximum absolute atomic E-state index is 12.7.